The molecule has 3 aromatic rings. The van der Waals surface area contributed by atoms with E-state index < -0.39 is 11.8 Å². The van der Waals surface area contributed by atoms with Crippen LogP contribution in [0.1, 0.15) is 18.1 Å². The van der Waals surface area contributed by atoms with E-state index in [1.54, 1.807) is 49.4 Å². The minimum absolute atomic E-state index is 0.270. The topological polar surface area (TPSA) is 107 Å². The maximum absolute atomic E-state index is 12.3. The van der Waals surface area contributed by atoms with E-state index in [4.69, 9.17) is 30.5 Å². The monoisotopic (exact) mass is 511 g/mol. The lowest BCUT2D eigenvalue weighted by Gasteiger charge is -2.13. The van der Waals surface area contributed by atoms with Crippen LogP contribution in [0.2, 0.25) is 5.02 Å². The number of methoxy groups -OCH3 is 3. The molecule has 0 unspecified atom stereocenters. The van der Waals surface area contributed by atoms with E-state index in [1.807, 2.05) is 18.2 Å². The first kappa shape index (κ1) is 26.4. The molecule has 0 aliphatic rings. The van der Waals surface area contributed by atoms with Gasteiger partial charge in [0.05, 0.1) is 32.7 Å². The third-order valence-corrected chi connectivity index (χ3v) is 5.48. The van der Waals surface area contributed by atoms with Gasteiger partial charge in [0.15, 0.2) is 11.5 Å². The maximum atomic E-state index is 12.3. The fourth-order valence-electron chi connectivity index (χ4n) is 3.11. The predicted octanol–water partition coefficient (Wildman–Crippen LogP) is 4.42. The molecule has 0 saturated heterocycles. The Balaban J connectivity index is 1.64. The Bertz CT molecular complexity index is 1280. The normalized spacial score (nSPS) is 10.9. The van der Waals surface area contributed by atoms with Crippen molar-refractivity contribution in [2.24, 2.45) is 5.10 Å². The average Bonchev–Trinajstić information content (AvgIpc) is 2.91. The molecule has 10 heteroatoms. The van der Waals surface area contributed by atoms with Crippen LogP contribution < -0.4 is 29.7 Å². The summed E-state index contributed by atoms with van der Waals surface area (Å²) in [6, 6.07) is 17.4. The molecule has 3 aromatic carbocycles. The van der Waals surface area contributed by atoms with E-state index in [-0.39, 0.29) is 6.61 Å². The summed E-state index contributed by atoms with van der Waals surface area (Å²) in [5.41, 5.74) is 4.52. The van der Waals surface area contributed by atoms with Gasteiger partial charge >= 0.3 is 11.8 Å². The van der Waals surface area contributed by atoms with Crippen molar-refractivity contribution < 1.29 is 28.5 Å². The molecule has 0 atom stereocenters. The number of nitrogens with one attached hydrogen (secondary N) is 2. The second-order valence-corrected chi connectivity index (χ2v) is 7.81. The van der Waals surface area contributed by atoms with Gasteiger partial charge in [-0.3, -0.25) is 9.59 Å². The Morgan fingerprint density at radius 3 is 2.31 bits per heavy atom. The van der Waals surface area contributed by atoms with E-state index in [0.717, 1.165) is 5.56 Å². The summed E-state index contributed by atoms with van der Waals surface area (Å²) >= 11 is 6.18. The minimum Gasteiger partial charge on any atom is -0.497 e. The summed E-state index contributed by atoms with van der Waals surface area (Å²) in [7, 11) is 4.48. The van der Waals surface area contributed by atoms with Crippen molar-refractivity contribution in [2.75, 3.05) is 26.6 Å². The van der Waals surface area contributed by atoms with Crippen molar-refractivity contribution in [2.45, 2.75) is 13.5 Å². The van der Waals surface area contributed by atoms with Crippen molar-refractivity contribution >= 4 is 34.8 Å². The molecule has 0 aliphatic heterocycles. The average molecular weight is 512 g/mol. The first-order chi connectivity index (χ1) is 17.4. The van der Waals surface area contributed by atoms with E-state index in [0.29, 0.717) is 45.0 Å². The van der Waals surface area contributed by atoms with Crippen LogP contribution in [0.3, 0.4) is 0 Å². The number of hydrazone groups is 1. The molecule has 0 fully saturated rings. The van der Waals surface area contributed by atoms with Gasteiger partial charge in [0.25, 0.3) is 0 Å². The molecule has 0 aromatic heterocycles. The van der Waals surface area contributed by atoms with Crippen LogP contribution in [-0.4, -0.2) is 38.9 Å². The zero-order valence-corrected chi connectivity index (χ0v) is 21.0. The second-order valence-electron chi connectivity index (χ2n) is 7.40. The van der Waals surface area contributed by atoms with Gasteiger partial charge in [0, 0.05) is 22.2 Å². The highest BCUT2D eigenvalue weighted by atomic mass is 35.5. The third kappa shape index (κ3) is 6.67. The lowest BCUT2D eigenvalue weighted by atomic mass is 10.1. The molecule has 2 amide bonds. The van der Waals surface area contributed by atoms with Crippen LogP contribution >= 0.6 is 11.6 Å². The molecule has 0 spiro atoms. The van der Waals surface area contributed by atoms with Crippen LogP contribution in [0.5, 0.6) is 23.0 Å². The van der Waals surface area contributed by atoms with E-state index in [9.17, 15) is 9.59 Å². The first-order valence-electron chi connectivity index (χ1n) is 10.8. The lowest BCUT2D eigenvalue weighted by molar-refractivity contribution is -0.136. The molecule has 0 heterocycles. The highest BCUT2D eigenvalue weighted by molar-refractivity contribution is 6.39. The predicted molar refractivity (Wildman–Crippen MR) is 137 cm³/mol. The summed E-state index contributed by atoms with van der Waals surface area (Å²) in [5.74, 6) is 0.0368. The number of carbonyl (C=O) groups is 2. The van der Waals surface area contributed by atoms with Crippen molar-refractivity contribution in [1.82, 2.24) is 5.43 Å². The number of carbonyl (C=O) groups excluding carboxylic acids is 2. The van der Waals surface area contributed by atoms with E-state index in [2.05, 4.69) is 15.8 Å². The molecular weight excluding hydrogens is 486 g/mol. The SMILES string of the molecule is COc1ccc(NC(=O)C(=O)N/N=C(\C)c2ccc(OCc3ccccc3Cl)c(OC)c2)c(OC)c1. The van der Waals surface area contributed by atoms with Gasteiger partial charge < -0.3 is 24.3 Å². The number of halogens is 1. The quantitative estimate of drug-likeness (QED) is 0.250. The number of benzene rings is 3. The molecule has 0 saturated carbocycles. The Hall–Kier alpha value is -4.24. The molecule has 9 nitrogen and oxygen atoms in total. The number of hydrogen-bond donors (Lipinski definition) is 2. The molecule has 3 rings (SSSR count). The number of hydrogen-bond acceptors (Lipinski definition) is 7. The summed E-state index contributed by atoms with van der Waals surface area (Å²) in [6.45, 7) is 1.95. The number of nitrogens with zero attached hydrogens (tertiary/aromatic N) is 1. The molecule has 2 N–H and O–H groups in total. The van der Waals surface area contributed by atoms with Crippen molar-refractivity contribution in [3.05, 3.63) is 76.8 Å². The van der Waals surface area contributed by atoms with Gasteiger partial charge in [-0.25, -0.2) is 5.43 Å². The summed E-state index contributed by atoms with van der Waals surface area (Å²) in [4.78, 5) is 24.6. The minimum atomic E-state index is -0.945. The molecule has 188 valence electrons. The number of ether oxygens (including phenoxy) is 4. The van der Waals surface area contributed by atoms with Crippen LogP contribution in [0, 0.1) is 0 Å². The van der Waals surface area contributed by atoms with Crippen molar-refractivity contribution in [3.63, 3.8) is 0 Å². The summed E-state index contributed by atoms with van der Waals surface area (Å²) in [5, 5.41) is 7.13. The van der Waals surface area contributed by atoms with E-state index >= 15 is 0 Å². The van der Waals surface area contributed by atoms with Gasteiger partial charge in [0.2, 0.25) is 0 Å². The van der Waals surface area contributed by atoms with E-state index in [1.165, 1.54) is 21.3 Å². The Labute approximate surface area is 214 Å². The number of rotatable bonds is 9. The second kappa shape index (κ2) is 12.5. The fraction of sp³-hybridized carbons (Fsp3) is 0.192. The zero-order chi connectivity index (χ0) is 26.1. The lowest BCUT2D eigenvalue weighted by Crippen LogP contribution is -2.33. The van der Waals surface area contributed by atoms with Gasteiger partial charge in [-0.2, -0.15) is 5.10 Å². The largest absolute Gasteiger partial charge is 0.497 e. The van der Waals surface area contributed by atoms with Gasteiger partial charge in [0.1, 0.15) is 18.1 Å². The highest BCUT2D eigenvalue weighted by Crippen LogP contribution is 2.30. The molecule has 0 bridgehead atoms. The van der Waals surface area contributed by atoms with Crippen LogP contribution in [0.4, 0.5) is 5.69 Å². The maximum Gasteiger partial charge on any atom is 0.329 e. The van der Waals surface area contributed by atoms with Gasteiger partial charge in [-0.1, -0.05) is 29.8 Å². The van der Waals surface area contributed by atoms with Crippen LogP contribution in [0.25, 0.3) is 0 Å². The van der Waals surface area contributed by atoms with Gasteiger partial charge in [-0.05, 0) is 43.3 Å². The van der Waals surface area contributed by atoms with Crippen LogP contribution in [0.15, 0.2) is 65.8 Å². The standard InChI is InChI=1S/C26H26ClN3O6/c1-16(29-30-26(32)25(31)28-21-11-10-19(33-2)14-23(21)34-3)17-9-12-22(24(13-17)35-4)36-15-18-7-5-6-8-20(18)27/h5-14H,15H2,1-4H3,(H,28,31)(H,30,32)/b29-16+. The molecule has 0 radical (unpaired) electrons. The highest BCUT2D eigenvalue weighted by Gasteiger charge is 2.16. The Morgan fingerprint density at radius 1 is 0.861 bits per heavy atom. The number of amides is 2. The van der Waals surface area contributed by atoms with Crippen molar-refractivity contribution in [1.29, 1.82) is 0 Å². The van der Waals surface area contributed by atoms with Crippen molar-refractivity contribution in [3.8, 4) is 23.0 Å². The summed E-state index contributed by atoms with van der Waals surface area (Å²) in [6.07, 6.45) is 0. The summed E-state index contributed by atoms with van der Waals surface area (Å²) < 4.78 is 21.6. The zero-order valence-electron chi connectivity index (χ0n) is 20.3. The Kier molecular flexibility index (Phi) is 9.13. The van der Waals surface area contributed by atoms with Gasteiger partial charge in [-0.15, -0.1) is 0 Å². The molecule has 36 heavy (non-hydrogen) atoms. The fourth-order valence-corrected chi connectivity index (χ4v) is 3.30. The Morgan fingerprint density at radius 2 is 1.61 bits per heavy atom. The molecule has 0 aliphatic carbocycles. The number of anilines is 1. The smallest absolute Gasteiger partial charge is 0.329 e. The molecular formula is C26H26ClN3O6. The van der Waals surface area contributed by atoms with Crippen LogP contribution in [-0.2, 0) is 16.2 Å². The first-order valence-corrected chi connectivity index (χ1v) is 11.2. The third-order valence-electron chi connectivity index (χ3n) is 5.11.